The highest BCUT2D eigenvalue weighted by molar-refractivity contribution is 6.52. The average molecular weight is 380 g/mol. The van der Waals surface area contributed by atoms with E-state index >= 15 is 0 Å². The third-order valence-corrected chi connectivity index (χ3v) is 4.88. The van der Waals surface area contributed by atoms with Crippen LogP contribution in [-0.2, 0) is 14.3 Å². The normalized spacial score (nSPS) is 16.0. The van der Waals surface area contributed by atoms with E-state index in [2.05, 4.69) is 0 Å². The Morgan fingerprint density at radius 2 is 1.79 bits per heavy atom. The van der Waals surface area contributed by atoms with Crippen LogP contribution >= 0.6 is 0 Å². The fraction of sp³-hybridized carbons (Fsp3) is 0.190. The summed E-state index contributed by atoms with van der Waals surface area (Å²) in [6.45, 7) is 0.0686. The van der Waals surface area contributed by atoms with Crippen molar-refractivity contribution in [2.45, 2.75) is 12.3 Å². The van der Waals surface area contributed by atoms with E-state index in [1.807, 2.05) is 0 Å². The van der Waals surface area contributed by atoms with Gasteiger partial charge in [-0.15, -0.1) is 0 Å². The molecule has 7 nitrogen and oxygen atoms in total. The minimum atomic E-state index is -0.883. The highest BCUT2D eigenvalue weighted by Crippen LogP contribution is 2.41. The monoisotopic (exact) mass is 380 g/mol. The van der Waals surface area contributed by atoms with Crippen LogP contribution in [-0.4, -0.2) is 36.5 Å². The van der Waals surface area contributed by atoms with E-state index in [0.29, 0.717) is 17.1 Å². The molecule has 142 valence electrons. The predicted molar refractivity (Wildman–Crippen MR) is 97.3 cm³/mol. The van der Waals surface area contributed by atoms with Gasteiger partial charge in [-0.05, 0) is 17.7 Å². The molecule has 1 aliphatic heterocycles. The Hall–Kier alpha value is -3.61. The van der Waals surface area contributed by atoms with Crippen molar-refractivity contribution in [3.05, 3.63) is 64.7 Å². The van der Waals surface area contributed by atoms with Gasteiger partial charge in [0.15, 0.2) is 11.5 Å². The van der Waals surface area contributed by atoms with E-state index in [-0.39, 0.29) is 35.7 Å². The molecule has 1 aliphatic carbocycles. The quantitative estimate of drug-likeness (QED) is 0.643. The molecule has 0 bridgehead atoms. The van der Waals surface area contributed by atoms with E-state index in [0.717, 1.165) is 0 Å². The van der Waals surface area contributed by atoms with Crippen LogP contribution in [0, 0.1) is 0 Å². The van der Waals surface area contributed by atoms with Gasteiger partial charge in [0.1, 0.15) is 5.76 Å². The zero-order chi connectivity index (χ0) is 19.8. The molecule has 4 rings (SSSR count). The molecule has 0 radical (unpaired) electrons. The van der Waals surface area contributed by atoms with Crippen molar-refractivity contribution in [2.75, 3.05) is 13.9 Å². The number of ether oxygens (including phenoxy) is 3. The number of fused-ring (bicyclic) bond motifs is 2. The number of hydrogen-bond acceptors (Lipinski definition) is 7. The Balaban J connectivity index is 1.88. The molecule has 1 heterocycles. The number of hydrogen-bond donors (Lipinski definition) is 1. The molecule has 0 saturated carbocycles. The maximum atomic E-state index is 12.8. The first-order chi connectivity index (χ1) is 13.5. The predicted octanol–water partition coefficient (Wildman–Crippen LogP) is 2.80. The number of Topliss-reactive ketones (excluding diaryl/α,β-unsaturated/α-hetero) is 2. The van der Waals surface area contributed by atoms with Crippen molar-refractivity contribution in [3.8, 4) is 11.5 Å². The number of carbonyl (C=O) groups is 3. The molecule has 0 spiro atoms. The van der Waals surface area contributed by atoms with Gasteiger partial charge in [-0.25, -0.2) is 0 Å². The van der Waals surface area contributed by atoms with Gasteiger partial charge in [0.2, 0.25) is 18.4 Å². The molecular formula is C21H16O7. The number of ketones is 2. The Labute approximate surface area is 160 Å². The molecular weight excluding hydrogens is 364 g/mol. The van der Waals surface area contributed by atoms with Crippen LogP contribution in [0.2, 0.25) is 0 Å². The Kier molecular flexibility index (Phi) is 4.35. The molecule has 0 fully saturated rings. The van der Waals surface area contributed by atoms with Crippen molar-refractivity contribution in [1.29, 1.82) is 0 Å². The van der Waals surface area contributed by atoms with E-state index in [1.165, 1.54) is 13.2 Å². The molecule has 2 aromatic rings. The summed E-state index contributed by atoms with van der Waals surface area (Å²) in [7, 11) is 1.23. The summed E-state index contributed by atoms with van der Waals surface area (Å²) in [6, 6.07) is 11.3. The van der Waals surface area contributed by atoms with E-state index in [9.17, 15) is 19.5 Å². The lowest BCUT2D eigenvalue weighted by Gasteiger charge is -2.24. The number of aliphatic hydroxyl groups excluding tert-OH is 1. The first kappa shape index (κ1) is 17.8. The lowest BCUT2D eigenvalue weighted by molar-refractivity contribution is -0.140. The van der Waals surface area contributed by atoms with E-state index in [4.69, 9.17) is 14.2 Å². The topological polar surface area (TPSA) is 99.1 Å². The lowest BCUT2D eigenvalue weighted by atomic mass is 9.78. The average Bonchev–Trinajstić information content (AvgIpc) is 3.19. The minimum Gasteiger partial charge on any atom is -0.507 e. The molecule has 1 atom stereocenters. The van der Waals surface area contributed by atoms with Crippen LogP contribution in [0.1, 0.15) is 33.8 Å². The van der Waals surface area contributed by atoms with Crippen molar-refractivity contribution in [2.24, 2.45) is 0 Å². The van der Waals surface area contributed by atoms with Gasteiger partial charge in [-0.3, -0.25) is 14.4 Å². The number of carbonyl (C=O) groups excluding carboxylic acids is 3. The first-order valence-electron chi connectivity index (χ1n) is 8.59. The summed E-state index contributed by atoms with van der Waals surface area (Å²) in [6.07, 6.45) is -0.225. The first-order valence-corrected chi connectivity index (χ1v) is 8.59. The van der Waals surface area contributed by atoms with Crippen LogP contribution in [0.4, 0.5) is 0 Å². The summed E-state index contributed by atoms with van der Waals surface area (Å²) in [5.41, 5.74) is 0.790. The smallest absolute Gasteiger partial charge is 0.306 e. The van der Waals surface area contributed by atoms with Gasteiger partial charge in [0.25, 0.3) is 0 Å². The van der Waals surface area contributed by atoms with Crippen LogP contribution in [0.15, 0.2) is 48.0 Å². The summed E-state index contributed by atoms with van der Waals surface area (Å²) in [5.74, 6) is -2.35. The van der Waals surface area contributed by atoms with Gasteiger partial charge in [-0.2, -0.15) is 0 Å². The highest BCUT2D eigenvalue weighted by atomic mass is 16.7. The van der Waals surface area contributed by atoms with Crippen molar-refractivity contribution in [1.82, 2.24) is 0 Å². The number of esters is 1. The summed E-state index contributed by atoms with van der Waals surface area (Å²) >= 11 is 0. The number of rotatable bonds is 4. The summed E-state index contributed by atoms with van der Waals surface area (Å²) in [4.78, 5) is 37.5. The second-order valence-corrected chi connectivity index (χ2v) is 6.41. The second-order valence-electron chi connectivity index (χ2n) is 6.41. The van der Waals surface area contributed by atoms with Gasteiger partial charge >= 0.3 is 5.97 Å². The fourth-order valence-corrected chi connectivity index (χ4v) is 3.47. The zero-order valence-corrected chi connectivity index (χ0v) is 14.9. The van der Waals surface area contributed by atoms with Crippen LogP contribution in [0.25, 0.3) is 5.76 Å². The number of benzene rings is 2. The lowest BCUT2D eigenvalue weighted by Crippen LogP contribution is -2.28. The molecule has 2 aromatic carbocycles. The molecule has 0 aromatic heterocycles. The third kappa shape index (κ3) is 2.81. The summed E-state index contributed by atoms with van der Waals surface area (Å²) in [5, 5.41) is 10.8. The van der Waals surface area contributed by atoms with E-state index in [1.54, 1.807) is 36.4 Å². The second kappa shape index (κ2) is 6.84. The maximum Gasteiger partial charge on any atom is 0.306 e. The van der Waals surface area contributed by atoms with Gasteiger partial charge in [0.05, 0.1) is 19.1 Å². The minimum absolute atomic E-state index is 0.0686. The van der Waals surface area contributed by atoms with Gasteiger partial charge in [-0.1, -0.05) is 30.3 Å². The summed E-state index contributed by atoms with van der Waals surface area (Å²) < 4.78 is 15.4. The van der Waals surface area contributed by atoms with Crippen molar-refractivity contribution < 1.29 is 33.7 Å². The number of allylic oxidation sites excluding steroid dienone is 1. The van der Waals surface area contributed by atoms with Gasteiger partial charge in [0, 0.05) is 17.0 Å². The largest absolute Gasteiger partial charge is 0.507 e. The zero-order valence-electron chi connectivity index (χ0n) is 14.9. The maximum absolute atomic E-state index is 12.8. The van der Waals surface area contributed by atoms with Crippen LogP contribution < -0.4 is 9.47 Å². The molecule has 1 unspecified atom stereocenters. The molecule has 0 amide bonds. The van der Waals surface area contributed by atoms with Crippen molar-refractivity contribution in [3.63, 3.8) is 0 Å². The molecule has 28 heavy (non-hydrogen) atoms. The SMILES string of the molecule is COC(=O)CC(C1=C(O)c2ccccc2C(=O)C1=O)c1ccc2c(c1)OCO2. The van der Waals surface area contributed by atoms with E-state index < -0.39 is 23.5 Å². The molecule has 1 N–H and O–H groups in total. The molecule has 7 heteroatoms. The standard InChI is InChI=1S/C21H16O7/c1-26-17(22)9-14(11-6-7-15-16(8-11)28-10-27-15)18-19(23)12-4-2-3-5-13(12)20(24)21(18)25/h2-8,14,23H,9-10H2,1H3. The number of methoxy groups -OCH3 is 1. The molecule has 2 aliphatic rings. The molecule has 0 saturated heterocycles. The highest BCUT2D eigenvalue weighted by Gasteiger charge is 2.38. The fourth-order valence-electron chi connectivity index (χ4n) is 3.47. The Morgan fingerprint density at radius 1 is 1.07 bits per heavy atom. The van der Waals surface area contributed by atoms with Crippen molar-refractivity contribution >= 4 is 23.3 Å². The third-order valence-electron chi connectivity index (χ3n) is 4.88. The number of aliphatic hydroxyl groups is 1. The van der Waals surface area contributed by atoms with Crippen LogP contribution in [0.3, 0.4) is 0 Å². The van der Waals surface area contributed by atoms with Crippen LogP contribution in [0.5, 0.6) is 11.5 Å². The van der Waals surface area contributed by atoms with Gasteiger partial charge < -0.3 is 19.3 Å². The Bertz CT molecular complexity index is 1030. The Morgan fingerprint density at radius 3 is 2.54 bits per heavy atom.